The summed E-state index contributed by atoms with van der Waals surface area (Å²) in [5.74, 6) is 1.62. The van der Waals surface area contributed by atoms with E-state index in [1.807, 2.05) is 6.92 Å². The maximum absolute atomic E-state index is 5.36. The molecule has 2 rings (SSSR count). The van der Waals surface area contributed by atoms with Crippen LogP contribution in [0.5, 0.6) is 0 Å². The molecule has 0 spiro atoms. The molecule has 0 amide bonds. The van der Waals surface area contributed by atoms with Crippen LogP contribution in [0.4, 0.5) is 5.95 Å². The van der Waals surface area contributed by atoms with Crippen LogP contribution in [0.15, 0.2) is 6.20 Å². The Morgan fingerprint density at radius 3 is 3.06 bits per heavy atom. The van der Waals surface area contributed by atoms with E-state index >= 15 is 0 Å². The van der Waals surface area contributed by atoms with Crippen LogP contribution in [0, 0.1) is 12.8 Å². The first-order chi connectivity index (χ1) is 7.66. The smallest absolute Gasteiger partial charge is 0.203 e. The molecule has 0 aliphatic carbocycles. The second-order valence-electron chi connectivity index (χ2n) is 4.82. The van der Waals surface area contributed by atoms with Crippen molar-refractivity contribution in [1.29, 1.82) is 0 Å². The monoisotopic (exact) mass is 223 g/mol. The number of nitrogens with zero attached hydrogens (tertiary/aromatic N) is 2. The van der Waals surface area contributed by atoms with Gasteiger partial charge in [-0.05, 0) is 27.2 Å². The molecule has 0 radical (unpaired) electrons. The number of nitrogens with one attached hydrogen (secondary N) is 1. The molecule has 1 aliphatic rings. The van der Waals surface area contributed by atoms with Crippen molar-refractivity contribution in [2.24, 2.45) is 5.92 Å². The molecule has 1 aromatic rings. The fraction of sp³-hybridized carbons (Fsp3) is 0.750. The lowest BCUT2D eigenvalue weighted by atomic mass is 10.1. The number of anilines is 1. The van der Waals surface area contributed by atoms with Crippen LogP contribution in [0.25, 0.3) is 0 Å². The Labute approximate surface area is 97.0 Å². The van der Waals surface area contributed by atoms with Crippen LogP contribution in [0.3, 0.4) is 0 Å². The molecule has 1 N–H and O–H groups in total. The molecule has 90 valence electrons. The molecular formula is C12H21N3O. The van der Waals surface area contributed by atoms with Crippen molar-refractivity contribution >= 4 is 5.95 Å². The van der Waals surface area contributed by atoms with Crippen molar-refractivity contribution in [2.45, 2.75) is 33.2 Å². The molecule has 1 fully saturated rings. The van der Waals surface area contributed by atoms with Crippen LogP contribution in [0.1, 0.15) is 32.0 Å². The molecule has 4 heteroatoms. The Morgan fingerprint density at radius 2 is 2.44 bits per heavy atom. The van der Waals surface area contributed by atoms with Gasteiger partial charge in [-0.15, -0.1) is 0 Å². The highest BCUT2D eigenvalue weighted by Gasteiger charge is 2.16. The minimum absolute atomic E-state index is 0.448. The molecule has 16 heavy (non-hydrogen) atoms. The van der Waals surface area contributed by atoms with Gasteiger partial charge in [0.1, 0.15) is 0 Å². The zero-order valence-corrected chi connectivity index (χ0v) is 10.4. The molecule has 1 aromatic heterocycles. The minimum atomic E-state index is 0.448. The first kappa shape index (κ1) is 11.5. The number of ether oxygens (including phenoxy) is 1. The Hall–Kier alpha value is -1.03. The van der Waals surface area contributed by atoms with Gasteiger partial charge < -0.3 is 14.6 Å². The maximum atomic E-state index is 5.36. The summed E-state index contributed by atoms with van der Waals surface area (Å²) in [6.07, 6.45) is 3.26. The van der Waals surface area contributed by atoms with Gasteiger partial charge in [0.05, 0.1) is 12.3 Å². The van der Waals surface area contributed by atoms with Crippen molar-refractivity contribution in [3.8, 4) is 0 Å². The molecule has 1 saturated heterocycles. The maximum Gasteiger partial charge on any atom is 0.203 e. The zero-order valence-electron chi connectivity index (χ0n) is 10.4. The van der Waals surface area contributed by atoms with Crippen molar-refractivity contribution < 1.29 is 4.74 Å². The van der Waals surface area contributed by atoms with Crippen molar-refractivity contribution in [2.75, 3.05) is 25.1 Å². The highest BCUT2D eigenvalue weighted by atomic mass is 16.5. The largest absolute Gasteiger partial charge is 0.381 e. The average Bonchev–Trinajstić information content (AvgIpc) is 2.83. The highest BCUT2D eigenvalue weighted by molar-refractivity contribution is 5.29. The molecule has 0 bridgehead atoms. The van der Waals surface area contributed by atoms with E-state index in [-0.39, 0.29) is 0 Å². The average molecular weight is 223 g/mol. The van der Waals surface area contributed by atoms with E-state index < -0.39 is 0 Å². The van der Waals surface area contributed by atoms with Gasteiger partial charge in [0.15, 0.2) is 0 Å². The Bertz CT molecular complexity index is 340. The van der Waals surface area contributed by atoms with Gasteiger partial charge in [-0.3, -0.25) is 0 Å². The summed E-state index contributed by atoms with van der Waals surface area (Å²) in [4.78, 5) is 4.50. The van der Waals surface area contributed by atoms with E-state index in [0.717, 1.165) is 37.8 Å². The predicted octanol–water partition coefficient (Wildman–Crippen LogP) is 2.22. The summed E-state index contributed by atoms with van der Waals surface area (Å²) in [7, 11) is 0. The summed E-state index contributed by atoms with van der Waals surface area (Å²) in [6.45, 7) is 9.13. The van der Waals surface area contributed by atoms with E-state index in [1.54, 1.807) is 0 Å². The third-order valence-electron chi connectivity index (χ3n) is 2.98. The van der Waals surface area contributed by atoms with Gasteiger partial charge in [-0.25, -0.2) is 4.98 Å². The van der Waals surface area contributed by atoms with Crippen molar-refractivity contribution in [3.63, 3.8) is 0 Å². The third kappa shape index (κ3) is 2.55. The fourth-order valence-corrected chi connectivity index (χ4v) is 2.02. The summed E-state index contributed by atoms with van der Waals surface area (Å²) in [5, 5.41) is 3.43. The Kier molecular flexibility index (Phi) is 3.49. The number of rotatable bonds is 4. The molecule has 1 unspecified atom stereocenters. The summed E-state index contributed by atoms with van der Waals surface area (Å²) in [6, 6.07) is 0.448. The first-order valence-corrected chi connectivity index (χ1v) is 6.04. The van der Waals surface area contributed by atoms with E-state index in [4.69, 9.17) is 4.74 Å². The van der Waals surface area contributed by atoms with Gasteiger partial charge in [0.25, 0.3) is 0 Å². The SMILES string of the molecule is Cc1cn(C(C)C)c(NCC2CCOC2)n1. The number of hydrogen-bond acceptors (Lipinski definition) is 3. The van der Waals surface area contributed by atoms with Gasteiger partial charge in [0.2, 0.25) is 5.95 Å². The number of imidazole rings is 1. The summed E-state index contributed by atoms with van der Waals surface area (Å²) < 4.78 is 7.55. The van der Waals surface area contributed by atoms with Crippen LogP contribution in [-0.4, -0.2) is 29.3 Å². The molecule has 1 aliphatic heterocycles. The van der Waals surface area contributed by atoms with Crippen LogP contribution < -0.4 is 5.32 Å². The first-order valence-electron chi connectivity index (χ1n) is 6.04. The Balaban J connectivity index is 1.97. The zero-order chi connectivity index (χ0) is 11.5. The summed E-state index contributed by atoms with van der Waals surface area (Å²) in [5.41, 5.74) is 1.07. The lowest BCUT2D eigenvalue weighted by molar-refractivity contribution is 0.187. The molecule has 2 heterocycles. The van der Waals surface area contributed by atoms with Gasteiger partial charge in [-0.2, -0.15) is 0 Å². The second-order valence-corrected chi connectivity index (χ2v) is 4.82. The lowest BCUT2D eigenvalue weighted by Gasteiger charge is -2.14. The lowest BCUT2D eigenvalue weighted by Crippen LogP contribution is -2.17. The second kappa shape index (κ2) is 4.87. The topological polar surface area (TPSA) is 39.1 Å². The van der Waals surface area contributed by atoms with E-state index in [9.17, 15) is 0 Å². The van der Waals surface area contributed by atoms with E-state index in [1.165, 1.54) is 0 Å². The quantitative estimate of drug-likeness (QED) is 0.850. The molecular weight excluding hydrogens is 202 g/mol. The van der Waals surface area contributed by atoms with Crippen molar-refractivity contribution in [1.82, 2.24) is 9.55 Å². The molecule has 0 saturated carbocycles. The van der Waals surface area contributed by atoms with Gasteiger partial charge in [-0.1, -0.05) is 0 Å². The molecule has 0 aromatic carbocycles. The third-order valence-corrected chi connectivity index (χ3v) is 2.98. The van der Waals surface area contributed by atoms with Gasteiger partial charge in [0, 0.05) is 31.3 Å². The normalized spacial score (nSPS) is 20.6. The molecule has 4 nitrogen and oxygen atoms in total. The number of aromatic nitrogens is 2. The predicted molar refractivity (Wildman–Crippen MR) is 64.8 cm³/mol. The van der Waals surface area contributed by atoms with E-state index in [2.05, 4.69) is 34.9 Å². The Morgan fingerprint density at radius 1 is 1.62 bits per heavy atom. The highest BCUT2D eigenvalue weighted by Crippen LogP contribution is 2.17. The van der Waals surface area contributed by atoms with Gasteiger partial charge >= 0.3 is 0 Å². The van der Waals surface area contributed by atoms with Crippen LogP contribution in [0.2, 0.25) is 0 Å². The van der Waals surface area contributed by atoms with Crippen LogP contribution in [-0.2, 0) is 4.74 Å². The standard InChI is InChI=1S/C12H21N3O/c1-9(2)15-7-10(3)14-12(15)13-6-11-4-5-16-8-11/h7,9,11H,4-6,8H2,1-3H3,(H,13,14). The number of aryl methyl sites for hydroxylation is 1. The number of hydrogen-bond donors (Lipinski definition) is 1. The fourth-order valence-electron chi connectivity index (χ4n) is 2.02. The molecule has 1 atom stereocenters. The van der Waals surface area contributed by atoms with E-state index in [0.29, 0.717) is 12.0 Å². The van der Waals surface area contributed by atoms with Crippen molar-refractivity contribution in [3.05, 3.63) is 11.9 Å². The van der Waals surface area contributed by atoms with Crippen LogP contribution >= 0.6 is 0 Å². The summed E-state index contributed by atoms with van der Waals surface area (Å²) >= 11 is 0. The minimum Gasteiger partial charge on any atom is -0.381 e.